The topological polar surface area (TPSA) is 92.1 Å². The van der Waals surface area contributed by atoms with Gasteiger partial charge in [0.2, 0.25) is 0 Å². The zero-order valence-electron chi connectivity index (χ0n) is 25.3. The number of hydrogen-bond donors (Lipinski definition) is 1. The Morgan fingerprint density at radius 3 is 2.40 bits per heavy atom. The monoisotopic (exact) mass is 581 g/mol. The molecule has 1 saturated heterocycles. The first-order valence-corrected chi connectivity index (χ1v) is 14.7. The lowest BCUT2D eigenvalue weighted by molar-refractivity contribution is 0.104. The normalized spacial score (nSPS) is 14.0. The van der Waals surface area contributed by atoms with E-state index in [1.54, 1.807) is 20.4 Å². The number of piperazine rings is 1. The lowest BCUT2D eigenvalue weighted by atomic mass is 10.1. The van der Waals surface area contributed by atoms with E-state index in [1.165, 1.54) is 0 Å². The predicted molar refractivity (Wildman–Crippen MR) is 169 cm³/mol. The summed E-state index contributed by atoms with van der Waals surface area (Å²) in [5.41, 5.74) is 2.50. The third-order valence-electron chi connectivity index (χ3n) is 7.69. The Balaban J connectivity index is 1.30. The molecule has 0 bridgehead atoms. The van der Waals surface area contributed by atoms with Gasteiger partial charge < -0.3 is 29.2 Å². The maximum absolute atomic E-state index is 9.91. The van der Waals surface area contributed by atoms with Gasteiger partial charge in [-0.15, -0.1) is 0 Å². The highest BCUT2D eigenvalue weighted by atomic mass is 16.5. The van der Waals surface area contributed by atoms with Crippen molar-refractivity contribution < 1.29 is 18.9 Å². The molecule has 224 valence electrons. The summed E-state index contributed by atoms with van der Waals surface area (Å²) >= 11 is 0. The number of benzene rings is 3. The Hall–Kier alpha value is -4.52. The van der Waals surface area contributed by atoms with E-state index >= 15 is 0 Å². The molecule has 0 aliphatic carbocycles. The quantitative estimate of drug-likeness (QED) is 0.189. The molecule has 0 atom stereocenters. The van der Waals surface area contributed by atoms with E-state index in [4.69, 9.17) is 18.9 Å². The smallest absolute Gasteiger partial charge is 0.169 e. The minimum atomic E-state index is 0.414. The Labute approximate surface area is 253 Å². The average Bonchev–Trinajstić information content (AvgIpc) is 3.03. The van der Waals surface area contributed by atoms with Gasteiger partial charge in [-0.2, -0.15) is 5.26 Å². The van der Waals surface area contributed by atoms with E-state index in [0.29, 0.717) is 58.2 Å². The third-order valence-corrected chi connectivity index (χ3v) is 7.69. The molecule has 9 nitrogen and oxygen atoms in total. The summed E-state index contributed by atoms with van der Waals surface area (Å²) < 4.78 is 23.4. The number of rotatable bonds is 12. The summed E-state index contributed by atoms with van der Waals surface area (Å²) in [6, 6.07) is 21.6. The van der Waals surface area contributed by atoms with Gasteiger partial charge in [-0.1, -0.05) is 18.2 Å². The average molecular weight is 582 g/mol. The van der Waals surface area contributed by atoms with Crippen LogP contribution in [0.15, 0.2) is 66.9 Å². The second-order valence-electron chi connectivity index (χ2n) is 10.8. The third kappa shape index (κ3) is 7.28. The van der Waals surface area contributed by atoms with Crippen LogP contribution in [0.25, 0.3) is 10.9 Å². The number of nitriles is 1. The largest absolute Gasteiger partial charge is 0.493 e. The van der Waals surface area contributed by atoms with Crippen LogP contribution in [0.4, 0.5) is 11.4 Å². The minimum Gasteiger partial charge on any atom is -0.493 e. The van der Waals surface area contributed by atoms with E-state index in [-0.39, 0.29) is 0 Å². The number of fused-ring (bicyclic) bond motifs is 1. The molecule has 0 spiro atoms. The molecule has 2 heterocycles. The van der Waals surface area contributed by atoms with Crippen LogP contribution < -0.4 is 24.3 Å². The highest BCUT2D eigenvalue weighted by Gasteiger charge is 2.19. The number of hydrogen-bond acceptors (Lipinski definition) is 9. The fourth-order valence-corrected chi connectivity index (χ4v) is 5.28. The molecule has 9 heteroatoms. The molecule has 0 radical (unpaired) electrons. The minimum absolute atomic E-state index is 0.414. The molecule has 1 N–H and O–H groups in total. The number of methoxy groups -OCH3 is 2. The maximum Gasteiger partial charge on any atom is 0.169 e. The number of anilines is 2. The van der Waals surface area contributed by atoms with Gasteiger partial charge >= 0.3 is 0 Å². The molecule has 1 aliphatic heterocycles. The fraction of sp³-hybridized carbons (Fsp3) is 0.353. The molecule has 1 aliphatic rings. The Morgan fingerprint density at radius 2 is 1.67 bits per heavy atom. The van der Waals surface area contributed by atoms with E-state index in [0.717, 1.165) is 50.2 Å². The number of ether oxygens (including phenoxy) is 4. The SMILES string of the molecule is COc1cc2c(Nc3cccc(Oc4ccccc4OC)c3)c(C#N)cnc2cc1OCCCN1CCN(C(C)C)CC1. The highest BCUT2D eigenvalue weighted by molar-refractivity contribution is 5.97. The van der Waals surface area contributed by atoms with Crippen molar-refractivity contribution in [2.75, 3.05) is 58.9 Å². The van der Waals surface area contributed by atoms with Gasteiger partial charge in [0, 0.05) is 68.2 Å². The van der Waals surface area contributed by atoms with Crippen molar-refractivity contribution in [2.45, 2.75) is 26.3 Å². The number of nitrogens with zero attached hydrogens (tertiary/aromatic N) is 4. The Kier molecular flexibility index (Phi) is 9.82. The van der Waals surface area contributed by atoms with E-state index in [1.807, 2.05) is 60.7 Å². The van der Waals surface area contributed by atoms with Gasteiger partial charge in [0.15, 0.2) is 23.0 Å². The van der Waals surface area contributed by atoms with Crippen LogP contribution in [0, 0.1) is 11.3 Å². The second-order valence-corrected chi connectivity index (χ2v) is 10.8. The van der Waals surface area contributed by atoms with Crippen molar-refractivity contribution in [3.63, 3.8) is 0 Å². The van der Waals surface area contributed by atoms with Gasteiger partial charge in [-0.3, -0.25) is 9.88 Å². The van der Waals surface area contributed by atoms with Gasteiger partial charge in [0.25, 0.3) is 0 Å². The Morgan fingerprint density at radius 1 is 0.907 bits per heavy atom. The molecular formula is C34H39N5O4. The van der Waals surface area contributed by atoms with Gasteiger partial charge in [0.1, 0.15) is 11.8 Å². The molecule has 3 aromatic carbocycles. The lowest BCUT2D eigenvalue weighted by Crippen LogP contribution is -2.49. The van der Waals surface area contributed by atoms with Crippen molar-refractivity contribution in [3.05, 3.63) is 72.4 Å². The molecule has 4 aromatic rings. The lowest BCUT2D eigenvalue weighted by Gasteiger charge is -2.36. The first-order chi connectivity index (χ1) is 21.0. The highest BCUT2D eigenvalue weighted by Crippen LogP contribution is 2.38. The fourth-order valence-electron chi connectivity index (χ4n) is 5.28. The standard InChI is InChI=1S/C34H39N5O4/c1-24(2)39-16-14-38(15-17-39)13-8-18-42-33-21-29-28(20-32(33)41-4)34(25(22-35)23-36-29)37-26-9-7-10-27(19-26)43-31-12-6-5-11-30(31)40-3/h5-7,9-12,19-21,23-24H,8,13-18H2,1-4H3,(H,36,37). The zero-order valence-corrected chi connectivity index (χ0v) is 25.3. The number of pyridine rings is 1. The number of para-hydroxylation sites is 2. The van der Waals surface area contributed by atoms with Crippen molar-refractivity contribution in [3.8, 4) is 34.8 Å². The van der Waals surface area contributed by atoms with Crippen LogP contribution in [0.2, 0.25) is 0 Å². The van der Waals surface area contributed by atoms with Crippen molar-refractivity contribution in [1.29, 1.82) is 5.26 Å². The molecule has 5 rings (SSSR count). The number of nitrogens with one attached hydrogen (secondary N) is 1. The first-order valence-electron chi connectivity index (χ1n) is 14.7. The van der Waals surface area contributed by atoms with E-state index in [9.17, 15) is 5.26 Å². The van der Waals surface area contributed by atoms with Crippen LogP contribution in [-0.2, 0) is 0 Å². The summed E-state index contributed by atoms with van der Waals surface area (Å²) in [5, 5.41) is 14.1. The van der Waals surface area contributed by atoms with Crippen molar-refractivity contribution in [2.24, 2.45) is 0 Å². The summed E-state index contributed by atoms with van der Waals surface area (Å²) in [4.78, 5) is 9.58. The molecule has 0 saturated carbocycles. The maximum atomic E-state index is 9.91. The summed E-state index contributed by atoms with van der Waals surface area (Å²) in [7, 11) is 3.23. The second kappa shape index (κ2) is 14.1. The van der Waals surface area contributed by atoms with E-state index < -0.39 is 0 Å². The van der Waals surface area contributed by atoms with Crippen molar-refractivity contribution in [1.82, 2.24) is 14.8 Å². The predicted octanol–water partition coefficient (Wildman–Crippen LogP) is 6.45. The number of aromatic nitrogens is 1. The summed E-state index contributed by atoms with van der Waals surface area (Å²) in [5.74, 6) is 3.10. The van der Waals surface area contributed by atoms with Crippen LogP contribution in [0.3, 0.4) is 0 Å². The molecule has 1 aromatic heterocycles. The van der Waals surface area contributed by atoms with Crippen LogP contribution in [0.5, 0.6) is 28.7 Å². The zero-order chi connectivity index (χ0) is 30.2. The molecule has 0 amide bonds. The summed E-state index contributed by atoms with van der Waals surface area (Å²) in [6.45, 7) is 10.5. The van der Waals surface area contributed by atoms with Crippen LogP contribution in [0.1, 0.15) is 25.8 Å². The van der Waals surface area contributed by atoms with Gasteiger partial charge in [-0.05, 0) is 50.6 Å². The van der Waals surface area contributed by atoms with Crippen LogP contribution >= 0.6 is 0 Å². The first kappa shape index (κ1) is 30.0. The van der Waals surface area contributed by atoms with Crippen molar-refractivity contribution >= 4 is 22.3 Å². The molecule has 43 heavy (non-hydrogen) atoms. The Bertz CT molecular complexity index is 1580. The molecule has 0 unspecified atom stereocenters. The van der Waals surface area contributed by atoms with Gasteiger partial charge in [0.05, 0.1) is 37.6 Å². The summed E-state index contributed by atoms with van der Waals surface area (Å²) in [6.07, 6.45) is 2.50. The molecule has 1 fully saturated rings. The van der Waals surface area contributed by atoms with Crippen LogP contribution in [-0.4, -0.2) is 74.4 Å². The molecular weight excluding hydrogens is 542 g/mol. The van der Waals surface area contributed by atoms with Gasteiger partial charge in [-0.25, -0.2) is 0 Å². The van der Waals surface area contributed by atoms with E-state index in [2.05, 4.69) is 40.0 Å².